The number of benzene rings is 2. The van der Waals surface area contributed by atoms with Crippen molar-refractivity contribution in [3.63, 3.8) is 0 Å². The van der Waals surface area contributed by atoms with Gasteiger partial charge in [-0.1, -0.05) is 24.3 Å². The first-order valence-electron chi connectivity index (χ1n) is 7.28. The van der Waals surface area contributed by atoms with Crippen molar-refractivity contribution in [3.8, 4) is 0 Å². The highest BCUT2D eigenvalue weighted by Crippen LogP contribution is 2.18. The summed E-state index contributed by atoms with van der Waals surface area (Å²) in [4.78, 5) is 19.1. The van der Waals surface area contributed by atoms with Crippen molar-refractivity contribution in [2.24, 2.45) is 4.99 Å². The van der Waals surface area contributed by atoms with E-state index in [1.807, 2.05) is 54.7 Å². The SMILES string of the molecule is Cc1ccc(C=Nc2cccc(C(=O)Nc3ccccc3)c2)s1. The van der Waals surface area contributed by atoms with Crippen LogP contribution in [0.2, 0.25) is 0 Å². The predicted molar refractivity (Wildman–Crippen MR) is 97.1 cm³/mol. The minimum Gasteiger partial charge on any atom is -0.322 e. The zero-order chi connectivity index (χ0) is 16.1. The minimum atomic E-state index is -0.139. The summed E-state index contributed by atoms with van der Waals surface area (Å²) < 4.78 is 0. The number of rotatable bonds is 4. The van der Waals surface area contributed by atoms with Gasteiger partial charge < -0.3 is 5.32 Å². The maximum atomic E-state index is 12.3. The van der Waals surface area contributed by atoms with E-state index in [2.05, 4.69) is 23.3 Å². The first kappa shape index (κ1) is 15.2. The lowest BCUT2D eigenvalue weighted by atomic mass is 10.2. The summed E-state index contributed by atoms with van der Waals surface area (Å²) in [6.07, 6.45) is 1.83. The van der Waals surface area contributed by atoms with E-state index in [0.717, 1.165) is 16.3 Å². The number of nitrogens with one attached hydrogen (secondary N) is 1. The largest absolute Gasteiger partial charge is 0.322 e. The standard InChI is InChI=1S/C19H16N2OS/c1-14-10-11-18(23-14)13-20-17-9-5-6-15(12-17)19(22)21-16-7-3-2-4-8-16/h2-13H,1H3,(H,21,22). The van der Waals surface area contributed by atoms with Gasteiger partial charge in [-0.05, 0) is 49.4 Å². The van der Waals surface area contributed by atoms with Crippen LogP contribution in [0.15, 0.2) is 71.7 Å². The molecule has 1 amide bonds. The number of hydrogen-bond donors (Lipinski definition) is 1. The molecule has 4 heteroatoms. The first-order chi connectivity index (χ1) is 11.2. The Morgan fingerprint density at radius 3 is 2.61 bits per heavy atom. The summed E-state index contributed by atoms with van der Waals surface area (Å²) in [5.41, 5.74) is 2.13. The molecule has 1 N–H and O–H groups in total. The summed E-state index contributed by atoms with van der Waals surface area (Å²) in [6, 6.07) is 20.8. The second kappa shape index (κ2) is 7.03. The Balaban J connectivity index is 1.74. The summed E-state index contributed by atoms with van der Waals surface area (Å²) in [5.74, 6) is -0.139. The van der Waals surface area contributed by atoms with Crippen molar-refractivity contribution in [2.45, 2.75) is 6.92 Å². The van der Waals surface area contributed by atoms with Gasteiger partial charge in [-0.25, -0.2) is 0 Å². The zero-order valence-electron chi connectivity index (χ0n) is 12.7. The van der Waals surface area contributed by atoms with E-state index < -0.39 is 0 Å². The topological polar surface area (TPSA) is 41.5 Å². The van der Waals surface area contributed by atoms with E-state index in [9.17, 15) is 4.79 Å². The van der Waals surface area contributed by atoms with Gasteiger partial charge >= 0.3 is 0 Å². The van der Waals surface area contributed by atoms with Crippen molar-refractivity contribution >= 4 is 34.8 Å². The van der Waals surface area contributed by atoms with Gasteiger partial charge in [0.15, 0.2) is 0 Å². The van der Waals surface area contributed by atoms with Gasteiger partial charge in [0.2, 0.25) is 0 Å². The number of carbonyl (C=O) groups excluding carboxylic acids is 1. The van der Waals surface area contributed by atoms with Crippen LogP contribution in [0.3, 0.4) is 0 Å². The Morgan fingerprint density at radius 2 is 1.87 bits per heavy atom. The lowest BCUT2D eigenvalue weighted by Gasteiger charge is -2.05. The molecular formula is C19H16N2OS. The molecule has 2 aromatic carbocycles. The molecule has 0 atom stereocenters. The van der Waals surface area contributed by atoms with E-state index >= 15 is 0 Å². The third-order valence-electron chi connectivity index (χ3n) is 3.24. The molecule has 1 heterocycles. The van der Waals surface area contributed by atoms with Crippen molar-refractivity contribution in [1.29, 1.82) is 0 Å². The third-order valence-corrected chi connectivity index (χ3v) is 4.18. The van der Waals surface area contributed by atoms with Crippen LogP contribution in [0.4, 0.5) is 11.4 Å². The van der Waals surface area contributed by atoms with Gasteiger partial charge in [-0.2, -0.15) is 0 Å². The van der Waals surface area contributed by atoms with Gasteiger partial charge in [0.1, 0.15) is 0 Å². The average Bonchev–Trinajstić information content (AvgIpc) is 3.00. The third kappa shape index (κ3) is 4.14. The highest BCUT2D eigenvalue weighted by atomic mass is 32.1. The maximum absolute atomic E-state index is 12.3. The van der Waals surface area contributed by atoms with Crippen molar-refractivity contribution < 1.29 is 4.79 Å². The zero-order valence-corrected chi connectivity index (χ0v) is 13.5. The maximum Gasteiger partial charge on any atom is 0.255 e. The number of carbonyl (C=O) groups is 1. The fourth-order valence-electron chi connectivity index (χ4n) is 2.11. The molecule has 3 aromatic rings. The molecule has 0 saturated heterocycles. The van der Waals surface area contributed by atoms with E-state index in [4.69, 9.17) is 0 Å². The monoisotopic (exact) mass is 320 g/mol. The molecule has 0 saturated carbocycles. The molecule has 0 aliphatic carbocycles. The molecule has 3 nitrogen and oxygen atoms in total. The summed E-state index contributed by atoms with van der Waals surface area (Å²) in [5, 5.41) is 2.87. The molecule has 0 unspecified atom stereocenters. The smallest absolute Gasteiger partial charge is 0.255 e. The van der Waals surface area contributed by atoms with Crippen LogP contribution < -0.4 is 5.32 Å². The quantitative estimate of drug-likeness (QED) is 0.671. The first-order valence-corrected chi connectivity index (χ1v) is 8.09. The average molecular weight is 320 g/mol. The number of aliphatic imine (C=N–C) groups is 1. The molecular weight excluding hydrogens is 304 g/mol. The Bertz CT molecular complexity index is 837. The van der Waals surface area contributed by atoms with E-state index in [1.165, 1.54) is 4.88 Å². The summed E-state index contributed by atoms with van der Waals surface area (Å²) in [6.45, 7) is 2.07. The Kier molecular flexibility index (Phi) is 4.64. The number of hydrogen-bond acceptors (Lipinski definition) is 3. The van der Waals surface area contributed by atoms with Crippen molar-refractivity contribution in [3.05, 3.63) is 82.0 Å². The second-order valence-electron chi connectivity index (χ2n) is 5.08. The van der Waals surface area contributed by atoms with Gasteiger partial charge in [0, 0.05) is 27.2 Å². The summed E-state index contributed by atoms with van der Waals surface area (Å²) in [7, 11) is 0. The summed E-state index contributed by atoms with van der Waals surface area (Å²) >= 11 is 1.69. The van der Waals surface area contributed by atoms with Crippen LogP contribution in [0.25, 0.3) is 0 Å². The molecule has 0 fully saturated rings. The Hall–Kier alpha value is -2.72. The van der Waals surface area contributed by atoms with Crippen LogP contribution in [-0.4, -0.2) is 12.1 Å². The van der Waals surface area contributed by atoms with Crippen molar-refractivity contribution in [1.82, 2.24) is 0 Å². The molecule has 1 aromatic heterocycles. The fourth-order valence-corrected chi connectivity index (χ4v) is 2.86. The molecule has 3 rings (SSSR count). The predicted octanol–water partition coefficient (Wildman–Crippen LogP) is 5.06. The normalized spacial score (nSPS) is 10.8. The minimum absolute atomic E-state index is 0.139. The van der Waals surface area contributed by atoms with Gasteiger partial charge in [0.25, 0.3) is 5.91 Å². The molecule has 0 radical (unpaired) electrons. The number of para-hydroxylation sites is 1. The molecule has 0 spiro atoms. The number of amides is 1. The Labute approximate surface area is 139 Å². The second-order valence-corrected chi connectivity index (χ2v) is 6.40. The van der Waals surface area contributed by atoms with Crippen LogP contribution in [-0.2, 0) is 0 Å². The number of anilines is 1. The van der Waals surface area contributed by atoms with Crippen LogP contribution in [0, 0.1) is 6.92 Å². The van der Waals surface area contributed by atoms with Gasteiger partial charge in [-0.3, -0.25) is 9.79 Å². The van der Waals surface area contributed by atoms with Gasteiger partial charge in [-0.15, -0.1) is 11.3 Å². The van der Waals surface area contributed by atoms with E-state index in [0.29, 0.717) is 5.56 Å². The van der Waals surface area contributed by atoms with Crippen LogP contribution in [0.1, 0.15) is 20.1 Å². The van der Waals surface area contributed by atoms with Crippen LogP contribution >= 0.6 is 11.3 Å². The van der Waals surface area contributed by atoms with Crippen molar-refractivity contribution in [2.75, 3.05) is 5.32 Å². The lowest BCUT2D eigenvalue weighted by Crippen LogP contribution is -2.11. The Morgan fingerprint density at radius 1 is 1.04 bits per heavy atom. The molecule has 114 valence electrons. The highest BCUT2D eigenvalue weighted by Gasteiger charge is 2.06. The fraction of sp³-hybridized carbons (Fsp3) is 0.0526. The van der Waals surface area contributed by atoms with E-state index in [1.54, 1.807) is 23.5 Å². The van der Waals surface area contributed by atoms with E-state index in [-0.39, 0.29) is 5.91 Å². The molecule has 0 bridgehead atoms. The van der Waals surface area contributed by atoms with Gasteiger partial charge in [0.05, 0.1) is 5.69 Å². The molecule has 23 heavy (non-hydrogen) atoms. The number of aryl methyl sites for hydroxylation is 1. The van der Waals surface area contributed by atoms with Crippen LogP contribution in [0.5, 0.6) is 0 Å². The highest BCUT2D eigenvalue weighted by molar-refractivity contribution is 7.13. The number of nitrogens with zero attached hydrogens (tertiary/aromatic N) is 1. The number of thiophene rings is 1. The lowest BCUT2D eigenvalue weighted by molar-refractivity contribution is 0.102. The molecule has 0 aliphatic heterocycles. The molecule has 0 aliphatic rings.